The van der Waals surface area contributed by atoms with Crippen molar-refractivity contribution in [2.24, 2.45) is 0 Å². The van der Waals surface area contributed by atoms with Crippen LogP contribution in [0, 0.1) is 0 Å². The molecular weight excluding hydrogens is 830 g/mol. The molecule has 4 heterocycles. The maximum atomic E-state index is 2.98. The maximum absolute atomic E-state index is 2.98. The number of hydrogen-bond acceptors (Lipinski definition) is 3. The summed E-state index contributed by atoms with van der Waals surface area (Å²) in [6, 6.07) is 35.9. The van der Waals surface area contributed by atoms with Crippen LogP contribution >= 0.6 is 0 Å². The van der Waals surface area contributed by atoms with E-state index >= 15 is 0 Å². The second-order valence-corrected chi connectivity index (χ2v) is 37.1. The molecular formula is C60H78BN3Si2. The molecule has 4 aliphatic heterocycles. The molecule has 5 aromatic carbocycles. The van der Waals surface area contributed by atoms with Gasteiger partial charge in [0.25, 0.3) is 6.71 Å². The Morgan fingerprint density at radius 1 is 0.485 bits per heavy atom. The summed E-state index contributed by atoms with van der Waals surface area (Å²) in [4.78, 5) is 8.62. The van der Waals surface area contributed by atoms with Crippen LogP contribution in [0.5, 0.6) is 0 Å². The fourth-order valence-electron chi connectivity index (χ4n) is 14.3. The van der Waals surface area contributed by atoms with Crippen molar-refractivity contribution in [1.29, 1.82) is 0 Å². The summed E-state index contributed by atoms with van der Waals surface area (Å²) in [5.74, 6) is 0. The normalized spacial score (nSPS) is 26.4. The van der Waals surface area contributed by atoms with Crippen LogP contribution in [0.25, 0.3) is 0 Å². The topological polar surface area (TPSA) is 9.72 Å². The lowest BCUT2D eigenvalue weighted by Crippen LogP contribution is -2.65. The Balaban J connectivity index is 1.29. The predicted molar refractivity (Wildman–Crippen MR) is 295 cm³/mol. The van der Waals surface area contributed by atoms with Crippen molar-refractivity contribution < 1.29 is 0 Å². The van der Waals surface area contributed by atoms with Gasteiger partial charge in [-0.05, 0) is 125 Å². The van der Waals surface area contributed by atoms with Gasteiger partial charge in [-0.15, -0.1) is 0 Å². The van der Waals surface area contributed by atoms with Gasteiger partial charge in [0.1, 0.15) is 0 Å². The third-order valence-corrected chi connectivity index (χ3v) is 23.0. The molecule has 6 aliphatic rings. The minimum absolute atomic E-state index is 0.00343. The second-order valence-electron chi connectivity index (χ2n) is 27.0. The summed E-state index contributed by atoms with van der Waals surface area (Å²) in [6.07, 6.45) is 10.00. The zero-order valence-electron chi connectivity index (χ0n) is 43.7. The van der Waals surface area contributed by atoms with Crippen LogP contribution in [0.1, 0.15) is 143 Å². The van der Waals surface area contributed by atoms with Crippen molar-refractivity contribution in [3.63, 3.8) is 0 Å². The molecule has 0 aromatic heterocycles. The fraction of sp³-hybridized carbons (Fsp3) is 0.500. The summed E-state index contributed by atoms with van der Waals surface area (Å²) in [5, 5.41) is 3.19. The van der Waals surface area contributed by atoms with Crippen molar-refractivity contribution in [1.82, 2.24) is 0 Å². The molecule has 0 spiro atoms. The van der Waals surface area contributed by atoms with E-state index < -0.39 is 16.1 Å². The number of benzene rings is 5. The monoisotopic (exact) mass is 908 g/mol. The molecule has 344 valence electrons. The largest absolute Gasteiger partial charge is 0.335 e. The van der Waals surface area contributed by atoms with Gasteiger partial charge in [0.2, 0.25) is 0 Å². The Bertz CT molecular complexity index is 2870. The number of fused-ring (bicyclic) bond motifs is 10. The summed E-state index contributed by atoms with van der Waals surface area (Å²) < 4.78 is 0. The Labute approximate surface area is 401 Å². The van der Waals surface area contributed by atoms with E-state index in [1.54, 1.807) is 27.0 Å². The lowest BCUT2D eigenvalue weighted by Gasteiger charge is -2.54. The van der Waals surface area contributed by atoms with Crippen LogP contribution in [0.4, 0.5) is 39.8 Å². The SMILES string of the molecule is CC(C)(C)c1cccc(N2c3cc(C(C)(C)C)ccc3B3c4cc([Si](C)(C)C)cc5c4N(c4cc(N6c7ccc([Si](C)(C)C)cc7C7(C)CCCCC67C)cc2c43)C2(C)CCCCC52C)c1. The Morgan fingerprint density at radius 3 is 1.70 bits per heavy atom. The molecule has 6 heteroatoms. The number of anilines is 7. The lowest BCUT2D eigenvalue weighted by molar-refractivity contribution is 0.194. The molecule has 0 saturated heterocycles. The van der Waals surface area contributed by atoms with Crippen molar-refractivity contribution in [2.45, 2.75) is 193 Å². The van der Waals surface area contributed by atoms with E-state index in [0.717, 1.165) is 0 Å². The molecule has 0 radical (unpaired) electrons. The quantitative estimate of drug-likeness (QED) is 0.163. The molecule has 3 nitrogen and oxygen atoms in total. The lowest BCUT2D eigenvalue weighted by atomic mass is 9.33. The maximum Gasteiger partial charge on any atom is 0.252 e. The van der Waals surface area contributed by atoms with Gasteiger partial charge < -0.3 is 14.7 Å². The Hall–Kier alpha value is -4.00. The van der Waals surface area contributed by atoms with E-state index in [1.807, 2.05) is 0 Å². The highest BCUT2D eigenvalue weighted by molar-refractivity contribution is 7.01. The number of nitrogens with zero attached hydrogens (tertiary/aromatic N) is 3. The summed E-state index contributed by atoms with van der Waals surface area (Å²) in [7, 11) is -3.28. The minimum Gasteiger partial charge on any atom is -0.335 e. The smallest absolute Gasteiger partial charge is 0.252 e. The average molecular weight is 908 g/mol. The molecule has 11 rings (SSSR count). The second kappa shape index (κ2) is 13.8. The summed E-state index contributed by atoms with van der Waals surface area (Å²) in [6.45, 7) is 40.3. The third-order valence-electron chi connectivity index (χ3n) is 18.9. The Kier molecular flexibility index (Phi) is 9.33. The predicted octanol–water partition coefficient (Wildman–Crippen LogP) is 13.5. The highest BCUT2D eigenvalue weighted by atomic mass is 28.3. The van der Waals surface area contributed by atoms with Crippen molar-refractivity contribution in [3.8, 4) is 0 Å². The van der Waals surface area contributed by atoms with E-state index in [0.29, 0.717) is 0 Å². The molecule has 2 saturated carbocycles. The van der Waals surface area contributed by atoms with Crippen LogP contribution in [0.15, 0.2) is 84.9 Å². The Morgan fingerprint density at radius 2 is 1.06 bits per heavy atom. The molecule has 4 unspecified atom stereocenters. The first-order valence-corrected chi connectivity index (χ1v) is 32.9. The van der Waals surface area contributed by atoms with Crippen molar-refractivity contribution in [2.75, 3.05) is 14.7 Å². The zero-order chi connectivity index (χ0) is 47.1. The standard InChI is InChI=1S/C60H78BN3Si2/c1-55(2,3)39-22-21-23-41(32-39)62-50-33-40(56(4,5)6)24-26-47(50)61-48-38-44(66(14,15)16)37-46-54(48)64(60(10)31-20-18-29-58(46,60)8)52-35-42(34-51(62)53(52)61)63-49-27-25-43(65(11,12)13)36-45(49)57(7)28-17-19-30-59(57,63)9/h21-27,32-38H,17-20,28-31H2,1-16H3. The molecule has 0 N–H and O–H groups in total. The van der Waals surface area contributed by atoms with Gasteiger partial charge in [-0.1, -0.05) is 179 Å². The minimum atomic E-state index is -1.72. The van der Waals surface area contributed by atoms with Gasteiger partial charge in [0.05, 0.1) is 27.2 Å². The molecule has 0 amide bonds. The first-order chi connectivity index (χ1) is 30.7. The van der Waals surface area contributed by atoms with E-state index in [4.69, 9.17) is 0 Å². The molecule has 2 aliphatic carbocycles. The highest BCUT2D eigenvalue weighted by Crippen LogP contribution is 2.64. The zero-order valence-corrected chi connectivity index (χ0v) is 45.7. The fourth-order valence-corrected chi connectivity index (χ4v) is 16.7. The van der Waals surface area contributed by atoms with Gasteiger partial charge in [0, 0.05) is 50.6 Å². The van der Waals surface area contributed by atoms with Crippen LogP contribution in [0.3, 0.4) is 0 Å². The molecule has 66 heavy (non-hydrogen) atoms. The molecule has 2 fully saturated rings. The molecule has 5 aromatic rings. The first-order valence-electron chi connectivity index (χ1n) is 25.9. The van der Waals surface area contributed by atoms with Crippen LogP contribution < -0.4 is 41.5 Å². The third kappa shape index (κ3) is 5.91. The van der Waals surface area contributed by atoms with Crippen LogP contribution in [0.2, 0.25) is 39.3 Å². The summed E-state index contributed by atoms with van der Waals surface area (Å²) in [5.41, 5.74) is 20.2. The summed E-state index contributed by atoms with van der Waals surface area (Å²) >= 11 is 0. The van der Waals surface area contributed by atoms with Gasteiger partial charge in [0.15, 0.2) is 0 Å². The van der Waals surface area contributed by atoms with Crippen molar-refractivity contribution in [3.05, 3.63) is 107 Å². The van der Waals surface area contributed by atoms with E-state index in [-0.39, 0.29) is 39.5 Å². The highest BCUT2D eigenvalue weighted by Gasteiger charge is 2.63. The van der Waals surface area contributed by atoms with Gasteiger partial charge in [-0.25, -0.2) is 0 Å². The average Bonchev–Trinajstić information content (AvgIpc) is 3.58. The van der Waals surface area contributed by atoms with Gasteiger partial charge in [-0.3, -0.25) is 0 Å². The molecule has 0 bridgehead atoms. The van der Waals surface area contributed by atoms with Gasteiger partial charge >= 0.3 is 0 Å². The number of rotatable bonds is 4. The van der Waals surface area contributed by atoms with Crippen molar-refractivity contribution >= 4 is 89.4 Å². The van der Waals surface area contributed by atoms with E-state index in [2.05, 4.69) is 208 Å². The number of hydrogen-bond donors (Lipinski definition) is 0. The van der Waals surface area contributed by atoms with Crippen LogP contribution in [-0.4, -0.2) is 33.9 Å². The van der Waals surface area contributed by atoms with Gasteiger partial charge in [-0.2, -0.15) is 0 Å². The first kappa shape index (κ1) is 44.5. The molecule has 4 atom stereocenters. The van der Waals surface area contributed by atoms with E-state index in [9.17, 15) is 0 Å². The van der Waals surface area contributed by atoms with E-state index in [1.165, 1.54) is 113 Å². The van der Waals surface area contributed by atoms with Crippen LogP contribution in [-0.2, 0) is 21.7 Å².